The maximum Gasteiger partial charge on any atom is 0.243 e. The molecular formula is C17H30NO+. The maximum absolute atomic E-state index is 10.7. The highest BCUT2D eigenvalue weighted by atomic mass is 16.5. The van der Waals surface area contributed by atoms with Gasteiger partial charge in [0, 0.05) is 16.4 Å². The average Bonchev–Trinajstić information content (AvgIpc) is 2.11. The lowest BCUT2D eigenvalue weighted by atomic mass is 9.77. The molecule has 0 aliphatic heterocycles. The minimum absolute atomic E-state index is 0.0174. The summed E-state index contributed by atoms with van der Waals surface area (Å²) >= 11 is 0. The summed E-state index contributed by atoms with van der Waals surface area (Å²) in [7, 11) is 0. The molecule has 0 aliphatic rings. The fraction of sp³-hybridized carbons (Fsp3) is 0.706. The molecule has 0 saturated carbocycles. The molecule has 1 heterocycles. The Morgan fingerprint density at radius 2 is 1.21 bits per heavy atom. The summed E-state index contributed by atoms with van der Waals surface area (Å²) in [5.74, 6) is 0. The van der Waals surface area contributed by atoms with Crippen molar-refractivity contribution >= 4 is 0 Å². The highest BCUT2D eigenvalue weighted by molar-refractivity contribution is 5.30. The summed E-state index contributed by atoms with van der Waals surface area (Å²) in [6.45, 7) is 19.4. The number of nitrogens with zero attached hydrogens (tertiary/aromatic N) is 1. The first-order valence-electron chi connectivity index (χ1n) is 7.06. The average molecular weight is 264 g/mol. The van der Waals surface area contributed by atoms with Gasteiger partial charge in [0.05, 0.1) is 10.8 Å². The van der Waals surface area contributed by atoms with E-state index in [0.29, 0.717) is 0 Å². The molecule has 19 heavy (non-hydrogen) atoms. The molecule has 0 radical (unpaired) electrons. The quantitative estimate of drug-likeness (QED) is 0.553. The molecular weight excluding hydrogens is 234 g/mol. The van der Waals surface area contributed by atoms with Gasteiger partial charge in [-0.2, -0.15) is 0 Å². The maximum atomic E-state index is 10.7. The molecule has 1 aromatic rings. The van der Waals surface area contributed by atoms with E-state index < -0.39 is 0 Å². The second-order valence-corrected chi connectivity index (χ2v) is 8.54. The van der Waals surface area contributed by atoms with Crippen molar-refractivity contribution in [2.75, 3.05) is 0 Å². The second-order valence-electron chi connectivity index (χ2n) is 8.54. The van der Waals surface area contributed by atoms with Crippen molar-refractivity contribution in [2.45, 2.75) is 78.6 Å². The third-order valence-electron chi connectivity index (χ3n) is 3.39. The van der Waals surface area contributed by atoms with Gasteiger partial charge in [-0.25, -0.2) is 0 Å². The molecule has 108 valence electrons. The molecule has 0 aliphatic carbocycles. The molecule has 1 aromatic heterocycles. The van der Waals surface area contributed by atoms with E-state index >= 15 is 0 Å². The van der Waals surface area contributed by atoms with Crippen LogP contribution in [-0.4, -0.2) is 5.21 Å². The zero-order chi connectivity index (χ0) is 15.2. The number of rotatable bonds is 0. The summed E-state index contributed by atoms with van der Waals surface area (Å²) in [5.41, 5.74) is 3.00. The van der Waals surface area contributed by atoms with Gasteiger partial charge in [0.15, 0.2) is 0 Å². The number of pyridine rings is 1. The van der Waals surface area contributed by atoms with Crippen LogP contribution < -0.4 is 4.73 Å². The minimum atomic E-state index is -0.0986. The van der Waals surface area contributed by atoms with Crippen LogP contribution in [-0.2, 0) is 16.2 Å². The molecule has 1 rings (SSSR count). The fourth-order valence-corrected chi connectivity index (χ4v) is 2.44. The molecule has 0 amide bonds. The normalized spacial score (nSPS) is 13.7. The lowest BCUT2D eigenvalue weighted by Crippen LogP contribution is -2.50. The van der Waals surface area contributed by atoms with Crippen molar-refractivity contribution in [2.24, 2.45) is 0 Å². The predicted molar refractivity (Wildman–Crippen MR) is 79.9 cm³/mol. The largest absolute Gasteiger partial charge is 0.285 e. The van der Waals surface area contributed by atoms with Crippen LogP contribution in [0.15, 0.2) is 12.1 Å². The third-order valence-corrected chi connectivity index (χ3v) is 3.39. The van der Waals surface area contributed by atoms with Crippen LogP contribution in [0.2, 0.25) is 0 Å². The van der Waals surface area contributed by atoms with E-state index in [-0.39, 0.29) is 16.2 Å². The van der Waals surface area contributed by atoms with Gasteiger partial charge in [-0.3, -0.25) is 5.21 Å². The third kappa shape index (κ3) is 3.29. The SMILES string of the molecule is CC(C)(C)c1ccc(C(C)(C)C)[n+](O)c1C(C)(C)C. The van der Waals surface area contributed by atoms with Crippen LogP contribution in [0.5, 0.6) is 0 Å². The van der Waals surface area contributed by atoms with Gasteiger partial charge in [0.1, 0.15) is 0 Å². The van der Waals surface area contributed by atoms with Crippen molar-refractivity contribution in [1.82, 2.24) is 0 Å². The van der Waals surface area contributed by atoms with Crippen molar-refractivity contribution in [3.63, 3.8) is 0 Å². The Balaban J connectivity index is 3.71. The lowest BCUT2D eigenvalue weighted by molar-refractivity contribution is -0.918. The van der Waals surface area contributed by atoms with Gasteiger partial charge in [-0.1, -0.05) is 62.3 Å². The Hall–Kier alpha value is -1.05. The van der Waals surface area contributed by atoms with Gasteiger partial charge in [-0.05, 0) is 11.5 Å². The molecule has 2 nitrogen and oxygen atoms in total. The first-order chi connectivity index (χ1) is 8.26. The number of hydrogen-bond donors (Lipinski definition) is 1. The molecule has 0 unspecified atom stereocenters. The van der Waals surface area contributed by atoms with Crippen molar-refractivity contribution < 1.29 is 9.94 Å². The molecule has 0 saturated heterocycles. The predicted octanol–water partition coefficient (Wildman–Crippen LogP) is 4.10. The Morgan fingerprint density at radius 3 is 1.53 bits per heavy atom. The van der Waals surface area contributed by atoms with Crippen LogP contribution in [0, 0.1) is 0 Å². The van der Waals surface area contributed by atoms with Crippen LogP contribution >= 0.6 is 0 Å². The van der Waals surface area contributed by atoms with E-state index in [1.165, 1.54) is 10.3 Å². The molecule has 2 heteroatoms. The van der Waals surface area contributed by atoms with E-state index in [4.69, 9.17) is 0 Å². The first kappa shape index (κ1) is 16.0. The second kappa shape index (κ2) is 4.50. The molecule has 0 atom stereocenters. The standard InChI is InChI=1S/C17H30NO/c1-15(2,3)12-10-11-13(16(4,5)6)18(19)14(12)17(7,8)9/h10-11,19H,1-9H3/q+1. The molecule has 0 bridgehead atoms. The van der Waals surface area contributed by atoms with Crippen molar-refractivity contribution in [3.05, 3.63) is 29.1 Å². The van der Waals surface area contributed by atoms with Crippen molar-refractivity contribution in [3.8, 4) is 0 Å². The van der Waals surface area contributed by atoms with Gasteiger partial charge in [-0.15, -0.1) is 0 Å². The van der Waals surface area contributed by atoms with E-state index in [1.54, 1.807) is 0 Å². The first-order valence-corrected chi connectivity index (χ1v) is 7.06. The van der Waals surface area contributed by atoms with E-state index in [0.717, 1.165) is 11.4 Å². The zero-order valence-corrected chi connectivity index (χ0v) is 14.0. The monoisotopic (exact) mass is 264 g/mol. The zero-order valence-electron chi connectivity index (χ0n) is 14.0. The van der Waals surface area contributed by atoms with Gasteiger partial charge < -0.3 is 0 Å². The van der Waals surface area contributed by atoms with Crippen LogP contribution in [0.1, 0.15) is 79.3 Å². The number of aromatic nitrogens is 1. The Labute approximate surface area is 118 Å². The smallest absolute Gasteiger partial charge is 0.243 e. The van der Waals surface area contributed by atoms with Crippen LogP contribution in [0.4, 0.5) is 0 Å². The summed E-state index contributed by atoms with van der Waals surface area (Å²) in [5, 5.41) is 10.7. The van der Waals surface area contributed by atoms with Gasteiger partial charge in [0.25, 0.3) is 0 Å². The minimum Gasteiger partial charge on any atom is -0.285 e. The van der Waals surface area contributed by atoms with Crippen molar-refractivity contribution in [1.29, 1.82) is 0 Å². The van der Waals surface area contributed by atoms with E-state index in [1.807, 2.05) is 0 Å². The summed E-state index contributed by atoms with van der Waals surface area (Å²) < 4.78 is 1.42. The summed E-state index contributed by atoms with van der Waals surface area (Å²) in [6, 6.07) is 4.23. The van der Waals surface area contributed by atoms with Gasteiger partial charge >= 0.3 is 0 Å². The Morgan fingerprint density at radius 1 is 0.737 bits per heavy atom. The molecule has 1 N–H and O–H groups in total. The molecule has 0 spiro atoms. The number of hydrogen-bond acceptors (Lipinski definition) is 1. The molecule has 0 aromatic carbocycles. The van der Waals surface area contributed by atoms with E-state index in [9.17, 15) is 5.21 Å². The lowest BCUT2D eigenvalue weighted by Gasteiger charge is -2.27. The Kier molecular flexibility index (Phi) is 3.79. The highest BCUT2D eigenvalue weighted by Crippen LogP contribution is 2.33. The molecule has 0 fully saturated rings. The Bertz CT molecular complexity index is 468. The fourth-order valence-electron chi connectivity index (χ4n) is 2.44. The topological polar surface area (TPSA) is 24.1 Å². The van der Waals surface area contributed by atoms with Crippen LogP contribution in [0.3, 0.4) is 0 Å². The summed E-state index contributed by atoms with van der Waals surface area (Å²) in [4.78, 5) is 0. The highest BCUT2D eigenvalue weighted by Gasteiger charge is 2.39. The van der Waals surface area contributed by atoms with Gasteiger partial charge in [0.2, 0.25) is 11.4 Å². The summed E-state index contributed by atoms with van der Waals surface area (Å²) in [6.07, 6.45) is 0. The van der Waals surface area contributed by atoms with E-state index in [2.05, 4.69) is 74.4 Å². The van der Waals surface area contributed by atoms with Crippen LogP contribution in [0.25, 0.3) is 0 Å².